The molecule has 14 heavy (non-hydrogen) atoms. The summed E-state index contributed by atoms with van der Waals surface area (Å²) in [6.45, 7) is 3.52. The van der Waals surface area contributed by atoms with Crippen LogP contribution in [0, 0.1) is 16.7 Å². The van der Waals surface area contributed by atoms with Crippen LogP contribution in [0.1, 0.15) is 26.2 Å². The van der Waals surface area contributed by atoms with Crippen LogP contribution in [0.15, 0.2) is 0 Å². The zero-order valence-corrected chi connectivity index (χ0v) is 8.60. The van der Waals surface area contributed by atoms with Gasteiger partial charge in [0, 0.05) is 6.54 Å². The highest BCUT2D eigenvalue weighted by molar-refractivity contribution is 5.78. The number of carbonyl (C=O) groups excluding carboxylic acids is 1. The molecule has 0 atom stereocenters. The number of rotatable bonds is 6. The van der Waals surface area contributed by atoms with Crippen molar-refractivity contribution in [2.24, 2.45) is 5.41 Å². The van der Waals surface area contributed by atoms with Crippen LogP contribution < -0.4 is 10.6 Å². The molecule has 4 nitrogen and oxygen atoms in total. The summed E-state index contributed by atoms with van der Waals surface area (Å²) in [4.78, 5) is 11.1. The summed E-state index contributed by atoms with van der Waals surface area (Å²) in [6.07, 6.45) is 3.73. The number of hydrogen-bond acceptors (Lipinski definition) is 3. The molecule has 2 N–H and O–H groups in total. The lowest BCUT2D eigenvalue weighted by atomic mass is 10.0. The number of carbonyl (C=O) groups is 1. The molecular weight excluding hydrogens is 178 g/mol. The van der Waals surface area contributed by atoms with Crippen molar-refractivity contribution in [1.82, 2.24) is 10.6 Å². The fourth-order valence-electron chi connectivity index (χ4n) is 1.47. The molecule has 0 aromatic heterocycles. The van der Waals surface area contributed by atoms with E-state index in [1.54, 1.807) is 0 Å². The molecule has 1 saturated carbocycles. The van der Waals surface area contributed by atoms with E-state index in [0.29, 0.717) is 12.0 Å². The summed E-state index contributed by atoms with van der Waals surface area (Å²) in [5.41, 5.74) is 0.468. The average molecular weight is 195 g/mol. The van der Waals surface area contributed by atoms with Gasteiger partial charge in [0.2, 0.25) is 5.91 Å². The maximum absolute atomic E-state index is 11.1. The third-order valence-electron chi connectivity index (χ3n) is 2.86. The SMILES string of the molecule is CCC1(CNCC(=O)NCC#N)CC1. The minimum atomic E-state index is -0.0987. The molecule has 1 aliphatic rings. The van der Waals surface area contributed by atoms with Crippen LogP contribution in [-0.2, 0) is 4.79 Å². The van der Waals surface area contributed by atoms with Crippen molar-refractivity contribution in [3.8, 4) is 6.07 Å². The smallest absolute Gasteiger partial charge is 0.234 e. The fraction of sp³-hybridized carbons (Fsp3) is 0.800. The van der Waals surface area contributed by atoms with Crippen LogP contribution in [0.4, 0.5) is 0 Å². The van der Waals surface area contributed by atoms with Crippen molar-refractivity contribution >= 4 is 5.91 Å². The van der Waals surface area contributed by atoms with Gasteiger partial charge in [0.05, 0.1) is 12.6 Å². The number of nitrogens with one attached hydrogen (secondary N) is 2. The molecule has 1 rings (SSSR count). The highest BCUT2D eigenvalue weighted by atomic mass is 16.1. The van der Waals surface area contributed by atoms with E-state index in [2.05, 4.69) is 17.6 Å². The lowest BCUT2D eigenvalue weighted by molar-refractivity contribution is -0.120. The van der Waals surface area contributed by atoms with Gasteiger partial charge >= 0.3 is 0 Å². The zero-order chi connectivity index (χ0) is 10.4. The molecule has 0 spiro atoms. The van der Waals surface area contributed by atoms with Crippen LogP contribution in [0.2, 0.25) is 0 Å². The second kappa shape index (κ2) is 4.97. The van der Waals surface area contributed by atoms with Crippen molar-refractivity contribution < 1.29 is 4.79 Å². The molecule has 1 aliphatic carbocycles. The maximum atomic E-state index is 11.1. The lowest BCUT2D eigenvalue weighted by Gasteiger charge is -2.12. The highest BCUT2D eigenvalue weighted by Crippen LogP contribution is 2.47. The maximum Gasteiger partial charge on any atom is 0.234 e. The van der Waals surface area contributed by atoms with E-state index in [9.17, 15) is 4.79 Å². The molecular formula is C10H17N3O. The van der Waals surface area contributed by atoms with Gasteiger partial charge in [-0.25, -0.2) is 0 Å². The van der Waals surface area contributed by atoms with Crippen molar-refractivity contribution in [3.05, 3.63) is 0 Å². The Morgan fingerprint density at radius 2 is 2.29 bits per heavy atom. The Balaban J connectivity index is 2.04. The first-order chi connectivity index (χ1) is 6.72. The summed E-state index contributed by atoms with van der Waals surface area (Å²) in [5, 5.41) is 13.9. The molecule has 0 aromatic carbocycles. The van der Waals surface area contributed by atoms with E-state index in [1.165, 1.54) is 19.3 Å². The Labute approximate surface area is 84.7 Å². The second-order valence-electron chi connectivity index (χ2n) is 3.89. The van der Waals surface area contributed by atoms with Gasteiger partial charge in [-0.05, 0) is 24.7 Å². The normalized spacial score (nSPS) is 17.1. The average Bonchev–Trinajstić information content (AvgIpc) is 2.96. The predicted octanol–water partition coefficient (Wildman–Crippen LogP) is 0.406. The van der Waals surface area contributed by atoms with Crippen LogP contribution in [-0.4, -0.2) is 25.5 Å². The third-order valence-corrected chi connectivity index (χ3v) is 2.86. The highest BCUT2D eigenvalue weighted by Gasteiger charge is 2.39. The van der Waals surface area contributed by atoms with Gasteiger partial charge in [0.15, 0.2) is 0 Å². The summed E-state index contributed by atoms with van der Waals surface area (Å²) in [6, 6.07) is 1.87. The molecule has 0 aromatic rings. The molecule has 0 aliphatic heterocycles. The van der Waals surface area contributed by atoms with Crippen molar-refractivity contribution in [2.45, 2.75) is 26.2 Å². The van der Waals surface area contributed by atoms with Gasteiger partial charge in [-0.3, -0.25) is 4.79 Å². The molecule has 78 valence electrons. The predicted molar refractivity (Wildman–Crippen MR) is 53.5 cm³/mol. The molecule has 0 bridgehead atoms. The van der Waals surface area contributed by atoms with E-state index in [-0.39, 0.29) is 12.5 Å². The van der Waals surface area contributed by atoms with E-state index in [0.717, 1.165) is 6.54 Å². The van der Waals surface area contributed by atoms with Crippen LogP contribution in [0.3, 0.4) is 0 Å². The van der Waals surface area contributed by atoms with E-state index < -0.39 is 0 Å². The minimum Gasteiger partial charge on any atom is -0.342 e. The van der Waals surface area contributed by atoms with Crippen molar-refractivity contribution in [2.75, 3.05) is 19.6 Å². The Bertz CT molecular complexity index is 240. The Morgan fingerprint density at radius 3 is 2.79 bits per heavy atom. The summed E-state index contributed by atoms with van der Waals surface area (Å²) in [5.74, 6) is -0.0987. The van der Waals surface area contributed by atoms with Gasteiger partial charge in [0.1, 0.15) is 6.54 Å². The van der Waals surface area contributed by atoms with Gasteiger partial charge in [-0.15, -0.1) is 0 Å². The van der Waals surface area contributed by atoms with E-state index in [1.807, 2.05) is 6.07 Å². The topological polar surface area (TPSA) is 64.9 Å². The second-order valence-corrected chi connectivity index (χ2v) is 3.89. The minimum absolute atomic E-state index is 0.0967. The van der Waals surface area contributed by atoms with Crippen molar-refractivity contribution in [1.29, 1.82) is 5.26 Å². The first kappa shape index (κ1) is 11.0. The Kier molecular flexibility index (Phi) is 3.90. The van der Waals surface area contributed by atoms with Crippen LogP contribution >= 0.6 is 0 Å². The molecule has 0 heterocycles. The van der Waals surface area contributed by atoms with E-state index in [4.69, 9.17) is 5.26 Å². The van der Waals surface area contributed by atoms with Gasteiger partial charge in [-0.1, -0.05) is 6.92 Å². The molecule has 1 amide bonds. The monoisotopic (exact) mass is 195 g/mol. The zero-order valence-electron chi connectivity index (χ0n) is 8.60. The standard InChI is InChI=1S/C10H17N3O/c1-2-10(3-4-10)8-12-7-9(14)13-6-5-11/h12H,2-4,6-8H2,1H3,(H,13,14). The van der Waals surface area contributed by atoms with E-state index >= 15 is 0 Å². The van der Waals surface area contributed by atoms with Gasteiger partial charge in [-0.2, -0.15) is 5.26 Å². The summed E-state index contributed by atoms with van der Waals surface area (Å²) in [7, 11) is 0. The van der Waals surface area contributed by atoms with Crippen LogP contribution in [0.5, 0.6) is 0 Å². The summed E-state index contributed by atoms with van der Waals surface area (Å²) < 4.78 is 0. The first-order valence-electron chi connectivity index (χ1n) is 5.07. The third kappa shape index (κ3) is 3.35. The van der Waals surface area contributed by atoms with Crippen molar-refractivity contribution in [3.63, 3.8) is 0 Å². The Hall–Kier alpha value is -1.08. The molecule has 1 fully saturated rings. The number of amides is 1. The molecule has 0 saturated heterocycles. The number of nitriles is 1. The largest absolute Gasteiger partial charge is 0.342 e. The number of hydrogen-bond donors (Lipinski definition) is 2. The van der Waals surface area contributed by atoms with Crippen LogP contribution in [0.25, 0.3) is 0 Å². The molecule has 0 unspecified atom stereocenters. The fourth-order valence-corrected chi connectivity index (χ4v) is 1.47. The molecule has 4 heteroatoms. The quantitative estimate of drug-likeness (QED) is 0.603. The summed E-state index contributed by atoms with van der Waals surface area (Å²) >= 11 is 0. The first-order valence-corrected chi connectivity index (χ1v) is 5.07. The number of nitrogens with zero attached hydrogens (tertiary/aromatic N) is 1. The lowest BCUT2D eigenvalue weighted by Crippen LogP contribution is -2.36. The molecule has 0 radical (unpaired) electrons. The van der Waals surface area contributed by atoms with Gasteiger partial charge in [0.25, 0.3) is 0 Å². The Morgan fingerprint density at radius 1 is 1.57 bits per heavy atom. The van der Waals surface area contributed by atoms with Gasteiger partial charge < -0.3 is 10.6 Å².